The molecule has 0 saturated carbocycles. The van der Waals surface area contributed by atoms with Crippen LogP contribution in [0.25, 0.3) is 0 Å². The van der Waals surface area contributed by atoms with Crippen molar-refractivity contribution in [1.82, 2.24) is 5.43 Å². The summed E-state index contributed by atoms with van der Waals surface area (Å²) in [6, 6.07) is 7.89. The van der Waals surface area contributed by atoms with Crippen LogP contribution in [-0.2, 0) is 15.9 Å². The number of rotatable bonds is 5. The van der Waals surface area contributed by atoms with Crippen molar-refractivity contribution in [3.63, 3.8) is 0 Å². The minimum atomic E-state index is -0.269. The molecular weight excluding hydrogens is 264 g/mol. The summed E-state index contributed by atoms with van der Waals surface area (Å²) in [5.74, 6) is 5.75. The topological polar surface area (TPSA) is 56.5 Å². The van der Waals surface area contributed by atoms with Crippen LogP contribution in [0.3, 0.4) is 0 Å². The van der Waals surface area contributed by atoms with Gasteiger partial charge in [-0.3, -0.25) is 11.3 Å². The monoisotopic (exact) mass is 284 g/mol. The summed E-state index contributed by atoms with van der Waals surface area (Å²) in [5, 5.41) is 0.742. The zero-order chi connectivity index (χ0) is 13.7. The van der Waals surface area contributed by atoms with Crippen LogP contribution in [-0.4, -0.2) is 32.0 Å². The molecule has 1 heterocycles. The Kier molecular flexibility index (Phi) is 5.19. The molecule has 1 aliphatic heterocycles. The Morgan fingerprint density at radius 2 is 2.21 bits per heavy atom. The van der Waals surface area contributed by atoms with Crippen LogP contribution in [0.2, 0.25) is 5.02 Å². The standard InChI is InChI=1S/C14H21ClN2O2/c1-18-14(5-7-19-8-6-14)13(17-16)10-11-3-2-4-12(15)9-11/h2-4,9,13,17H,5-8,10,16H2,1H3. The molecule has 0 amide bonds. The molecule has 1 unspecified atom stereocenters. The van der Waals surface area contributed by atoms with Gasteiger partial charge in [-0.1, -0.05) is 23.7 Å². The van der Waals surface area contributed by atoms with Crippen LogP contribution >= 0.6 is 11.6 Å². The molecule has 0 radical (unpaired) electrons. The van der Waals surface area contributed by atoms with Crippen LogP contribution in [0.15, 0.2) is 24.3 Å². The van der Waals surface area contributed by atoms with Gasteiger partial charge in [0.1, 0.15) is 0 Å². The van der Waals surface area contributed by atoms with Crippen molar-refractivity contribution in [1.29, 1.82) is 0 Å². The van der Waals surface area contributed by atoms with Gasteiger partial charge < -0.3 is 9.47 Å². The van der Waals surface area contributed by atoms with Crippen molar-refractivity contribution in [2.75, 3.05) is 20.3 Å². The van der Waals surface area contributed by atoms with E-state index >= 15 is 0 Å². The van der Waals surface area contributed by atoms with Crippen molar-refractivity contribution < 1.29 is 9.47 Å². The van der Waals surface area contributed by atoms with Gasteiger partial charge in [0.05, 0.1) is 11.6 Å². The second-order valence-electron chi connectivity index (χ2n) is 4.93. The second-order valence-corrected chi connectivity index (χ2v) is 5.37. The summed E-state index contributed by atoms with van der Waals surface area (Å²) in [4.78, 5) is 0. The zero-order valence-corrected chi connectivity index (χ0v) is 12.0. The highest BCUT2D eigenvalue weighted by molar-refractivity contribution is 6.30. The third kappa shape index (κ3) is 3.46. The Hall–Kier alpha value is -0.650. The van der Waals surface area contributed by atoms with Crippen LogP contribution in [0.1, 0.15) is 18.4 Å². The van der Waals surface area contributed by atoms with E-state index in [1.165, 1.54) is 0 Å². The molecule has 2 rings (SSSR count). The normalized spacial score (nSPS) is 20.2. The molecule has 0 aromatic heterocycles. The van der Waals surface area contributed by atoms with E-state index in [2.05, 4.69) is 11.5 Å². The van der Waals surface area contributed by atoms with Gasteiger partial charge in [-0.15, -0.1) is 0 Å². The third-order valence-corrected chi connectivity index (χ3v) is 4.15. The molecule has 1 saturated heterocycles. The number of hydrogen-bond donors (Lipinski definition) is 2. The van der Waals surface area contributed by atoms with Crippen molar-refractivity contribution in [3.8, 4) is 0 Å². The lowest BCUT2D eigenvalue weighted by Crippen LogP contribution is -2.58. The number of nitrogens with one attached hydrogen (secondary N) is 1. The summed E-state index contributed by atoms with van der Waals surface area (Å²) in [6.45, 7) is 1.42. The molecule has 1 aromatic carbocycles. The summed E-state index contributed by atoms with van der Waals surface area (Å²) < 4.78 is 11.2. The van der Waals surface area contributed by atoms with Gasteiger partial charge >= 0.3 is 0 Å². The van der Waals surface area contributed by atoms with Gasteiger partial charge in [0.25, 0.3) is 0 Å². The molecule has 19 heavy (non-hydrogen) atoms. The number of methoxy groups -OCH3 is 1. The highest BCUT2D eigenvalue weighted by atomic mass is 35.5. The molecule has 1 aromatic rings. The van der Waals surface area contributed by atoms with Crippen LogP contribution < -0.4 is 11.3 Å². The first kappa shape index (κ1) is 14.8. The summed E-state index contributed by atoms with van der Waals surface area (Å²) >= 11 is 6.02. The minimum Gasteiger partial charge on any atom is -0.381 e. The van der Waals surface area contributed by atoms with Crippen LogP contribution in [0.5, 0.6) is 0 Å². The number of hydrazine groups is 1. The van der Waals surface area contributed by atoms with Crippen LogP contribution in [0, 0.1) is 0 Å². The smallest absolute Gasteiger partial charge is 0.0891 e. The maximum Gasteiger partial charge on any atom is 0.0891 e. The predicted octanol–water partition coefficient (Wildman–Crippen LogP) is 1.91. The van der Waals surface area contributed by atoms with E-state index in [1.807, 2.05) is 18.2 Å². The minimum absolute atomic E-state index is 0.0415. The van der Waals surface area contributed by atoms with Gasteiger partial charge in [-0.05, 0) is 24.1 Å². The lowest BCUT2D eigenvalue weighted by molar-refractivity contribution is -0.110. The number of hydrogen-bond acceptors (Lipinski definition) is 4. The average molecular weight is 285 g/mol. The molecule has 1 atom stereocenters. The Morgan fingerprint density at radius 1 is 1.47 bits per heavy atom. The highest BCUT2D eigenvalue weighted by Gasteiger charge is 2.40. The molecule has 4 nitrogen and oxygen atoms in total. The van der Waals surface area contributed by atoms with Gasteiger partial charge in [0, 0.05) is 38.2 Å². The van der Waals surface area contributed by atoms with Gasteiger partial charge in [0.2, 0.25) is 0 Å². The van der Waals surface area contributed by atoms with Gasteiger partial charge in [-0.2, -0.15) is 0 Å². The van der Waals surface area contributed by atoms with E-state index in [0.717, 1.165) is 29.8 Å². The Labute approximate surface area is 119 Å². The SMILES string of the molecule is COC1(C(Cc2cccc(Cl)c2)NN)CCOCC1. The first-order valence-electron chi connectivity index (χ1n) is 6.54. The third-order valence-electron chi connectivity index (χ3n) is 3.91. The van der Waals surface area contributed by atoms with Crippen molar-refractivity contribution in [2.45, 2.75) is 30.9 Å². The summed E-state index contributed by atoms with van der Waals surface area (Å²) in [6.07, 6.45) is 2.47. The summed E-state index contributed by atoms with van der Waals surface area (Å²) in [5.41, 5.74) is 3.79. The molecule has 3 N–H and O–H groups in total. The molecule has 0 spiro atoms. The van der Waals surface area contributed by atoms with Gasteiger partial charge in [-0.25, -0.2) is 0 Å². The Bertz CT molecular complexity index is 408. The van der Waals surface area contributed by atoms with E-state index in [-0.39, 0.29) is 11.6 Å². The van der Waals surface area contributed by atoms with Gasteiger partial charge in [0.15, 0.2) is 0 Å². The first-order valence-corrected chi connectivity index (χ1v) is 6.91. The first-order chi connectivity index (χ1) is 9.20. The Balaban J connectivity index is 2.14. The molecule has 1 aliphatic rings. The fourth-order valence-corrected chi connectivity index (χ4v) is 2.92. The maximum absolute atomic E-state index is 6.02. The second kappa shape index (κ2) is 6.68. The zero-order valence-electron chi connectivity index (χ0n) is 11.2. The largest absolute Gasteiger partial charge is 0.381 e. The molecular formula is C14H21ClN2O2. The quantitative estimate of drug-likeness (QED) is 0.641. The molecule has 0 aliphatic carbocycles. The fraction of sp³-hybridized carbons (Fsp3) is 0.571. The maximum atomic E-state index is 6.02. The fourth-order valence-electron chi connectivity index (χ4n) is 2.71. The van der Waals surface area contributed by atoms with E-state index in [0.29, 0.717) is 13.2 Å². The van der Waals surface area contributed by atoms with E-state index < -0.39 is 0 Å². The van der Waals surface area contributed by atoms with E-state index in [9.17, 15) is 0 Å². The lowest BCUT2D eigenvalue weighted by Gasteiger charge is -2.42. The lowest BCUT2D eigenvalue weighted by atomic mass is 9.83. The van der Waals surface area contributed by atoms with Crippen molar-refractivity contribution >= 4 is 11.6 Å². The number of ether oxygens (including phenoxy) is 2. The van der Waals surface area contributed by atoms with Crippen molar-refractivity contribution in [3.05, 3.63) is 34.9 Å². The summed E-state index contributed by atoms with van der Waals surface area (Å²) in [7, 11) is 1.74. The Morgan fingerprint density at radius 3 is 2.79 bits per heavy atom. The van der Waals surface area contributed by atoms with E-state index in [4.69, 9.17) is 26.9 Å². The number of nitrogens with two attached hydrogens (primary N) is 1. The molecule has 106 valence electrons. The highest BCUT2D eigenvalue weighted by Crippen LogP contribution is 2.30. The number of benzene rings is 1. The molecule has 0 bridgehead atoms. The number of halogens is 1. The van der Waals surface area contributed by atoms with Crippen molar-refractivity contribution in [2.24, 2.45) is 5.84 Å². The predicted molar refractivity (Wildman–Crippen MR) is 76.1 cm³/mol. The average Bonchev–Trinajstić information content (AvgIpc) is 2.45. The molecule has 5 heteroatoms. The van der Waals surface area contributed by atoms with Crippen LogP contribution in [0.4, 0.5) is 0 Å². The van der Waals surface area contributed by atoms with E-state index in [1.54, 1.807) is 7.11 Å². The molecule has 1 fully saturated rings.